The Morgan fingerprint density at radius 1 is 1.50 bits per heavy atom. The van der Waals surface area contributed by atoms with Gasteiger partial charge < -0.3 is 0 Å². The fraction of sp³-hybridized carbons (Fsp3) is 0.667. The molecule has 0 bridgehead atoms. The predicted molar refractivity (Wildman–Crippen MR) is 63.2 cm³/mol. The molecule has 1 aliphatic heterocycles. The second kappa shape index (κ2) is 5.74. The van der Waals surface area contributed by atoms with E-state index in [9.17, 15) is 0 Å². The summed E-state index contributed by atoms with van der Waals surface area (Å²) < 4.78 is 0. The maximum atomic E-state index is 4.40. The number of aliphatic imine (C=N–C) groups is 2. The first kappa shape index (κ1) is 11.2. The van der Waals surface area contributed by atoms with Gasteiger partial charge in [-0.05, 0) is 13.3 Å². The van der Waals surface area contributed by atoms with Crippen LogP contribution < -0.4 is 0 Å². The Morgan fingerprint density at radius 3 is 2.86 bits per heavy atom. The molecule has 0 saturated heterocycles. The van der Waals surface area contributed by atoms with Crippen molar-refractivity contribution < 1.29 is 0 Å². The van der Waals surface area contributed by atoms with Gasteiger partial charge in [-0.25, -0.2) is 4.99 Å². The Kier molecular flexibility index (Phi) is 4.57. The fourth-order valence-corrected chi connectivity index (χ4v) is 1.42. The van der Waals surface area contributed by atoms with E-state index >= 15 is 0 Å². The van der Waals surface area contributed by atoms with Crippen molar-refractivity contribution in [2.75, 3.05) is 6.54 Å². The monoisotopic (exact) mass is 192 g/mol. The quantitative estimate of drug-likeness (QED) is 0.472. The molecule has 0 aromatic carbocycles. The fourth-order valence-electron chi connectivity index (χ4n) is 1.42. The number of amidine groups is 1. The third-order valence-corrected chi connectivity index (χ3v) is 2.33. The van der Waals surface area contributed by atoms with Crippen LogP contribution in [-0.4, -0.2) is 18.1 Å². The number of rotatable bonds is 5. The molecule has 1 heterocycles. The summed E-state index contributed by atoms with van der Waals surface area (Å²) in [6.45, 7) is 7.20. The third-order valence-electron chi connectivity index (χ3n) is 2.33. The van der Waals surface area contributed by atoms with Crippen molar-refractivity contribution in [3.8, 4) is 0 Å². The Hall–Kier alpha value is -0.920. The summed E-state index contributed by atoms with van der Waals surface area (Å²) >= 11 is 0. The highest BCUT2D eigenvalue weighted by molar-refractivity contribution is 6.04. The Morgan fingerprint density at radius 2 is 2.29 bits per heavy atom. The van der Waals surface area contributed by atoms with Crippen LogP contribution in [0.5, 0.6) is 0 Å². The Labute approximate surface area is 86.8 Å². The zero-order chi connectivity index (χ0) is 10.4. The van der Waals surface area contributed by atoms with Crippen molar-refractivity contribution in [3.05, 3.63) is 12.2 Å². The van der Waals surface area contributed by atoms with Crippen molar-refractivity contribution in [1.82, 2.24) is 0 Å². The van der Waals surface area contributed by atoms with Crippen molar-refractivity contribution in [1.29, 1.82) is 0 Å². The molecule has 14 heavy (non-hydrogen) atoms. The van der Waals surface area contributed by atoms with Gasteiger partial charge in [-0.2, -0.15) is 0 Å². The number of allylic oxidation sites excluding steroid dienone is 1. The zero-order valence-corrected chi connectivity index (χ0v) is 9.45. The van der Waals surface area contributed by atoms with E-state index < -0.39 is 0 Å². The third kappa shape index (κ3) is 3.44. The van der Waals surface area contributed by atoms with Gasteiger partial charge in [0, 0.05) is 11.6 Å². The van der Waals surface area contributed by atoms with E-state index in [1.165, 1.54) is 19.3 Å². The van der Waals surface area contributed by atoms with Crippen LogP contribution in [0.1, 0.15) is 40.0 Å². The second-order valence-electron chi connectivity index (χ2n) is 3.88. The van der Waals surface area contributed by atoms with Crippen LogP contribution >= 0.6 is 0 Å². The van der Waals surface area contributed by atoms with Crippen LogP contribution in [0.2, 0.25) is 0 Å². The highest BCUT2D eigenvalue weighted by Gasteiger charge is 2.10. The molecule has 1 atom stereocenters. The minimum atomic E-state index is 0.379. The summed E-state index contributed by atoms with van der Waals surface area (Å²) in [5.74, 6) is 1.37. The normalized spacial score (nSPS) is 18.5. The van der Waals surface area contributed by atoms with E-state index in [0.717, 1.165) is 18.1 Å². The smallest absolute Gasteiger partial charge is 0.130 e. The number of nitrogens with zero attached hydrogens (tertiary/aromatic N) is 2. The molecule has 1 rings (SSSR count). The molecule has 2 heteroatoms. The van der Waals surface area contributed by atoms with E-state index in [0.29, 0.717) is 5.92 Å². The summed E-state index contributed by atoms with van der Waals surface area (Å²) in [4.78, 5) is 8.78. The lowest BCUT2D eigenvalue weighted by atomic mass is 10.1. The predicted octanol–water partition coefficient (Wildman–Crippen LogP) is 3.24. The molecule has 0 N–H and O–H groups in total. The summed E-state index contributed by atoms with van der Waals surface area (Å²) in [6.07, 6.45) is 8.18. The standard InChI is InChI=1S/C12H20N2/c1-4-5-6-7-8-10(2)12-13-9-11(3)14-12/h7-8,10H,4-6,9H2,1-3H3/b8-7-. The minimum Gasteiger partial charge on any atom is -0.264 e. The maximum absolute atomic E-state index is 4.40. The summed E-state index contributed by atoms with van der Waals surface area (Å²) in [7, 11) is 0. The lowest BCUT2D eigenvalue weighted by Crippen LogP contribution is -2.03. The topological polar surface area (TPSA) is 24.7 Å². The summed E-state index contributed by atoms with van der Waals surface area (Å²) in [6, 6.07) is 0. The molecular formula is C12H20N2. The highest BCUT2D eigenvalue weighted by Crippen LogP contribution is 2.09. The van der Waals surface area contributed by atoms with Crippen LogP contribution in [0.15, 0.2) is 22.1 Å². The summed E-state index contributed by atoms with van der Waals surface area (Å²) in [5, 5.41) is 0. The van der Waals surface area contributed by atoms with Gasteiger partial charge >= 0.3 is 0 Å². The molecule has 2 nitrogen and oxygen atoms in total. The van der Waals surface area contributed by atoms with Gasteiger partial charge in [-0.1, -0.05) is 38.8 Å². The molecule has 78 valence electrons. The lowest BCUT2D eigenvalue weighted by molar-refractivity contribution is 0.808. The Bertz CT molecular complexity index is 261. The average molecular weight is 192 g/mol. The molecule has 0 aromatic rings. The van der Waals surface area contributed by atoms with Crippen LogP contribution in [0, 0.1) is 5.92 Å². The highest BCUT2D eigenvalue weighted by atomic mass is 15.0. The number of hydrogen-bond acceptors (Lipinski definition) is 2. The van der Waals surface area contributed by atoms with E-state index in [1.54, 1.807) is 0 Å². The van der Waals surface area contributed by atoms with Gasteiger partial charge in [0.05, 0.1) is 6.54 Å². The largest absolute Gasteiger partial charge is 0.264 e. The molecule has 0 spiro atoms. The van der Waals surface area contributed by atoms with Crippen LogP contribution in [0.3, 0.4) is 0 Å². The van der Waals surface area contributed by atoms with Gasteiger partial charge in [0.1, 0.15) is 5.84 Å². The van der Waals surface area contributed by atoms with E-state index in [2.05, 4.69) is 36.0 Å². The molecule has 1 aliphatic rings. The molecule has 0 aliphatic carbocycles. The van der Waals surface area contributed by atoms with Gasteiger partial charge in [0.2, 0.25) is 0 Å². The number of hydrogen-bond donors (Lipinski definition) is 0. The first-order valence-corrected chi connectivity index (χ1v) is 5.49. The van der Waals surface area contributed by atoms with Crippen LogP contribution in [0.25, 0.3) is 0 Å². The molecule has 1 unspecified atom stereocenters. The maximum Gasteiger partial charge on any atom is 0.130 e. The molecular weight excluding hydrogens is 172 g/mol. The number of unbranched alkanes of at least 4 members (excludes halogenated alkanes) is 2. The van der Waals surface area contributed by atoms with Crippen LogP contribution in [-0.2, 0) is 0 Å². The first-order chi connectivity index (χ1) is 6.74. The molecule has 0 radical (unpaired) electrons. The van der Waals surface area contributed by atoms with Crippen LogP contribution in [0.4, 0.5) is 0 Å². The average Bonchev–Trinajstić information content (AvgIpc) is 2.59. The van der Waals surface area contributed by atoms with E-state index in [-0.39, 0.29) is 0 Å². The molecule has 0 aromatic heterocycles. The summed E-state index contributed by atoms with van der Waals surface area (Å²) in [5.41, 5.74) is 1.13. The van der Waals surface area contributed by atoms with Gasteiger partial charge in [0.15, 0.2) is 0 Å². The van der Waals surface area contributed by atoms with E-state index in [4.69, 9.17) is 0 Å². The minimum absolute atomic E-state index is 0.379. The zero-order valence-electron chi connectivity index (χ0n) is 9.45. The van der Waals surface area contributed by atoms with Crippen molar-refractivity contribution >= 4 is 11.5 Å². The van der Waals surface area contributed by atoms with Crippen molar-refractivity contribution in [3.63, 3.8) is 0 Å². The molecule has 0 amide bonds. The van der Waals surface area contributed by atoms with Gasteiger partial charge in [-0.3, -0.25) is 4.99 Å². The lowest BCUT2D eigenvalue weighted by Gasteiger charge is -2.01. The van der Waals surface area contributed by atoms with Crippen molar-refractivity contribution in [2.45, 2.75) is 40.0 Å². The van der Waals surface area contributed by atoms with Gasteiger partial charge in [-0.15, -0.1) is 0 Å². The molecule has 0 saturated carbocycles. The SMILES string of the molecule is CCCC/C=C\C(C)C1=NCC(C)=N1. The van der Waals surface area contributed by atoms with E-state index in [1.807, 2.05) is 6.92 Å². The first-order valence-electron chi connectivity index (χ1n) is 5.49. The Balaban J connectivity index is 2.35. The van der Waals surface area contributed by atoms with Gasteiger partial charge in [0.25, 0.3) is 0 Å². The molecule has 0 fully saturated rings. The second-order valence-corrected chi connectivity index (χ2v) is 3.88. The van der Waals surface area contributed by atoms with Crippen molar-refractivity contribution in [2.24, 2.45) is 15.9 Å².